The third-order valence-electron chi connectivity index (χ3n) is 8.96. The van der Waals surface area contributed by atoms with E-state index >= 15 is 0 Å². The van der Waals surface area contributed by atoms with Crippen LogP contribution in [0.15, 0.2) is 18.2 Å². The number of esters is 1. The van der Waals surface area contributed by atoms with Crippen LogP contribution in [-0.4, -0.2) is 186 Å². The van der Waals surface area contributed by atoms with Crippen molar-refractivity contribution in [2.75, 3.05) is 145 Å². The molecule has 2 aliphatic heterocycles. The van der Waals surface area contributed by atoms with Crippen molar-refractivity contribution in [1.29, 1.82) is 0 Å². The zero-order valence-electron chi connectivity index (χ0n) is 35.3. The first-order chi connectivity index (χ1) is 29.8. The van der Waals surface area contributed by atoms with Gasteiger partial charge in [-0.1, -0.05) is 12.5 Å². The molecule has 0 radical (unpaired) electrons. The van der Waals surface area contributed by atoms with E-state index in [2.05, 4.69) is 15.4 Å². The van der Waals surface area contributed by atoms with Crippen molar-refractivity contribution in [1.82, 2.24) is 10.2 Å². The van der Waals surface area contributed by atoms with Gasteiger partial charge in [0.2, 0.25) is 17.7 Å². The summed E-state index contributed by atoms with van der Waals surface area (Å²) < 4.78 is 59.1. The van der Waals surface area contributed by atoms with Gasteiger partial charge < -0.3 is 57.4 Å². The third-order valence-corrected chi connectivity index (χ3v) is 8.96. The Morgan fingerprint density at radius 2 is 1.05 bits per heavy atom. The minimum absolute atomic E-state index is 0.0252. The summed E-state index contributed by atoms with van der Waals surface area (Å²) in [4.78, 5) is 74.5. The molecule has 1 aromatic rings. The van der Waals surface area contributed by atoms with Crippen LogP contribution in [0.2, 0.25) is 0 Å². The number of piperidine rings is 1. The molecule has 0 saturated carbocycles. The van der Waals surface area contributed by atoms with E-state index in [1.54, 1.807) is 12.1 Å². The van der Waals surface area contributed by atoms with Crippen LogP contribution < -0.4 is 10.6 Å². The Kier molecular flexibility index (Phi) is 27.6. The minimum atomic E-state index is -1.08. The highest BCUT2D eigenvalue weighted by Gasteiger charge is 2.45. The maximum absolute atomic E-state index is 13.2. The lowest BCUT2D eigenvalue weighted by Crippen LogP contribution is -2.54. The van der Waals surface area contributed by atoms with Gasteiger partial charge >= 0.3 is 5.97 Å². The molecule has 61 heavy (non-hydrogen) atoms. The van der Waals surface area contributed by atoms with Gasteiger partial charge in [0.05, 0.1) is 156 Å². The van der Waals surface area contributed by atoms with Crippen LogP contribution in [-0.2, 0) is 71.3 Å². The number of hydrogen-bond acceptors (Lipinski definition) is 17. The van der Waals surface area contributed by atoms with E-state index in [1.165, 1.54) is 13.2 Å². The van der Waals surface area contributed by atoms with E-state index in [0.29, 0.717) is 139 Å². The average Bonchev–Trinajstić information content (AvgIpc) is 3.50. The van der Waals surface area contributed by atoms with E-state index in [1.807, 2.05) is 0 Å². The normalized spacial score (nSPS) is 15.0. The number of unbranched alkanes of at least 4 members (excludes halogenated alkanes) is 2. The summed E-state index contributed by atoms with van der Waals surface area (Å²) in [5.74, 6) is -3.03. The third kappa shape index (κ3) is 21.6. The summed E-state index contributed by atoms with van der Waals surface area (Å²) in [5, 5.41) is 4.90. The van der Waals surface area contributed by atoms with Crippen molar-refractivity contribution >= 4 is 41.2 Å². The van der Waals surface area contributed by atoms with Gasteiger partial charge in [0.25, 0.3) is 11.8 Å². The summed E-state index contributed by atoms with van der Waals surface area (Å²) in [7, 11) is 1.34. The predicted molar refractivity (Wildman–Crippen MR) is 215 cm³/mol. The van der Waals surface area contributed by atoms with Crippen molar-refractivity contribution in [2.24, 2.45) is 0 Å². The average molecular weight is 870 g/mol. The molecule has 2 heterocycles. The molecule has 0 aliphatic carbocycles. The van der Waals surface area contributed by atoms with Gasteiger partial charge in [0.1, 0.15) is 6.04 Å². The topological polar surface area (TPSA) is 231 Å². The van der Waals surface area contributed by atoms with E-state index in [-0.39, 0.29) is 54.4 Å². The summed E-state index contributed by atoms with van der Waals surface area (Å²) in [6.07, 6.45) is 2.65. The van der Waals surface area contributed by atoms with Gasteiger partial charge in [-0.2, -0.15) is 0 Å². The van der Waals surface area contributed by atoms with Crippen molar-refractivity contribution in [3.8, 4) is 0 Å². The summed E-state index contributed by atoms with van der Waals surface area (Å²) >= 11 is 0. The number of nitrogens with one attached hydrogen (secondary N) is 2. The SMILES string of the molecule is COC(=O)CCOCCOCCOCCOCCOCCOCCOCCOCCOCCOCCCCCC(=O)Nc1cccc2c1C(=O)N(C1CCC(=O)NC1=O)C2=O. The van der Waals surface area contributed by atoms with Gasteiger partial charge in [0, 0.05) is 19.4 Å². The molecular formula is C41H63N3O17. The quantitative estimate of drug-likeness (QED) is 0.0542. The van der Waals surface area contributed by atoms with Gasteiger partial charge in [-0.15, -0.1) is 0 Å². The molecule has 0 spiro atoms. The van der Waals surface area contributed by atoms with Crippen molar-refractivity contribution < 1.29 is 80.9 Å². The number of ether oxygens (including phenoxy) is 11. The highest BCUT2D eigenvalue weighted by Crippen LogP contribution is 2.32. The number of amides is 5. The smallest absolute Gasteiger partial charge is 0.307 e. The molecule has 0 aromatic heterocycles. The molecule has 344 valence electrons. The van der Waals surface area contributed by atoms with Crippen LogP contribution in [0.5, 0.6) is 0 Å². The maximum Gasteiger partial charge on any atom is 0.307 e. The minimum Gasteiger partial charge on any atom is -0.469 e. The van der Waals surface area contributed by atoms with Crippen LogP contribution in [0.25, 0.3) is 0 Å². The fourth-order valence-corrected chi connectivity index (χ4v) is 5.84. The first-order valence-electron chi connectivity index (χ1n) is 20.8. The largest absolute Gasteiger partial charge is 0.469 e. The highest BCUT2D eigenvalue weighted by molar-refractivity contribution is 6.26. The molecule has 0 bridgehead atoms. The molecule has 20 nitrogen and oxygen atoms in total. The first-order valence-corrected chi connectivity index (χ1v) is 20.8. The standard InChI is InChI=1S/C41H63N3O17/c1-51-37(47)11-13-53-15-17-55-19-21-57-23-25-59-27-29-61-31-30-60-28-26-58-24-22-56-20-18-54-16-14-52-12-4-2-3-8-35(45)42-33-7-5-6-32-38(33)41(50)44(40(32)49)34-9-10-36(46)43-39(34)48/h5-7,34H,2-4,8-31H2,1H3,(H,42,45)(H,43,46,48). The Morgan fingerprint density at radius 1 is 0.590 bits per heavy atom. The number of fused-ring (bicyclic) bond motifs is 1. The Labute approximate surface area is 356 Å². The van der Waals surface area contributed by atoms with Gasteiger partial charge in [-0.25, -0.2) is 0 Å². The fraction of sp³-hybridized carbons (Fsp3) is 0.707. The van der Waals surface area contributed by atoms with E-state index in [4.69, 9.17) is 47.4 Å². The Balaban J connectivity index is 0.999. The lowest BCUT2D eigenvalue weighted by atomic mass is 10.0. The number of carbonyl (C=O) groups is 6. The molecule has 1 fully saturated rings. The lowest BCUT2D eigenvalue weighted by molar-refractivity contribution is -0.142. The second-order valence-corrected chi connectivity index (χ2v) is 13.5. The Hall–Kier alpha value is -3.96. The number of rotatable bonds is 38. The number of benzene rings is 1. The molecule has 2 N–H and O–H groups in total. The lowest BCUT2D eigenvalue weighted by Gasteiger charge is -2.27. The van der Waals surface area contributed by atoms with E-state index in [0.717, 1.165) is 17.7 Å². The summed E-state index contributed by atoms with van der Waals surface area (Å²) in [6.45, 7) is 8.97. The van der Waals surface area contributed by atoms with E-state index < -0.39 is 29.7 Å². The van der Waals surface area contributed by atoms with Crippen LogP contribution in [0.3, 0.4) is 0 Å². The first kappa shape index (κ1) is 51.4. The fourth-order valence-electron chi connectivity index (χ4n) is 5.84. The van der Waals surface area contributed by atoms with Gasteiger partial charge in [0.15, 0.2) is 0 Å². The molecule has 1 saturated heterocycles. The van der Waals surface area contributed by atoms with E-state index in [9.17, 15) is 28.8 Å². The van der Waals surface area contributed by atoms with Crippen molar-refractivity contribution in [2.45, 2.75) is 51.0 Å². The molecular weight excluding hydrogens is 806 g/mol. The molecule has 20 heteroatoms. The van der Waals surface area contributed by atoms with Crippen molar-refractivity contribution in [3.63, 3.8) is 0 Å². The molecule has 1 atom stereocenters. The molecule has 1 aromatic carbocycles. The number of carbonyl (C=O) groups excluding carboxylic acids is 6. The number of methoxy groups -OCH3 is 1. The molecule has 5 amide bonds. The summed E-state index contributed by atoms with van der Waals surface area (Å²) in [6, 6.07) is 3.52. The molecule has 1 unspecified atom stereocenters. The summed E-state index contributed by atoms with van der Waals surface area (Å²) in [5.41, 5.74) is 0.371. The zero-order valence-corrected chi connectivity index (χ0v) is 35.3. The predicted octanol–water partition coefficient (Wildman–Crippen LogP) is 1.32. The van der Waals surface area contributed by atoms with Gasteiger partial charge in [-0.3, -0.25) is 39.0 Å². The van der Waals surface area contributed by atoms with Crippen LogP contribution in [0.1, 0.15) is 65.7 Å². The van der Waals surface area contributed by atoms with Crippen LogP contribution in [0.4, 0.5) is 5.69 Å². The van der Waals surface area contributed by atoms with Crippen LogP contribution >= 0.6 is 0 Å². The second-order valence-electron chi connectivity index (χ2n) is 13.5. The Morgan fingerprint density at radius 3 is 1.51 bits per heavy atom. The van der Waals surface area contributed by atoms with Crippen LogP contribution in [0, 0.1) is 0 Å². The maximum atomic E-state index is 13.2. The zero-order chi connectivity index (χ0) is 43.8. The monoisotopic (exact) mass is 869 g/mol. The van der Waals surface area contributed by atoms with Gasteiger partial charge in [-0.05, 0) is 31.4 Å². The number of anilines is 1. The Bertz CT molecular complexity index is 1460. The van der Waals surface area contributed by atoms with Crippen molar-refractivity contribution in [3.05, 3.63) is 29.3 Å². The molecule has 3 rings (SSSR count). The number of nitrogens with zero attached hydrogens (tertiary/aromatic N) is 1. The highest BCUT2D eigenvalue weighted by atomic mass is 16.6. The number of hydrogen-bond donors (Lipinski definition) is 2. The second kappa shape index (κ2) is 32.7. The molecule has 2 aliphatic rings. The number of imide groups is 2.